The third-order valence-corrected chi connectivity index (χ3v) is 3.30. The average Bonchev–Trinajstić information content (AvgIpc) is 3.07. The van der Waals surface area contributed by atoms with Crippen molar-refractivity contribution in [3.05, 3.63) is 35.4 Å². The topological polar surface area (TPSA) is 12.0 Å². The van der Waals surface area contributed by atoms with E-state index in [-0.39, 0.29) is 5.38 Å². The summed E-state index contributed by atoms with van der Waals surface area (Å²) >= 11 is 6.10. The first-order valence-corrected chi connectivity index (χ1v) is 5.89. The summed E-state index contributed by atoms with van der Waals surface area (Å²) < 4.78 is 25.5. The molecule has 1 nitrogen and oxygen atoms in total. The Morgan fingerprint density at radius 3 is 2.69 bits per heavy atom. The Balaban J connectivity index is 1.78. The zero-order valence-electron chi connectivity index (χ0n) is 8.85. The van der Waals surface area contributed by atoms with Gasteiger partial charge in [-0.1, -0.05) is 6.07 Å². The van der Waals surface area contributed by atoms with E-state index >= 15 is 0 Å². The maximum absolute atomic E-state index is 12.9. The molecule has 0 aromatic heterocycles. The number of rotatable bonds is 5. The first-order chi connectivity index (χ1) is 7.66. The van der Waals surface area contributed by atoms with Crippen LogP contribution in [0.3, 0.4) is 0 Å². The zero-order valence-corrected chi connectivity index (χ0v) is 9.61. The molecule has 1 fully saturated rings. The van der Waals surface area contributed by atoms with Crippen LogP contribution >= 0.6 is 11.6 Å². The molecule has 1 N–H and O–H groups in total. The van der Waals surface area contributed by atoms with Gasteiger partial charge in [-0.05, 0) is 36.5 Å². The lowest BCUT2D eigenvalue weighted by Crippen LogP contribution is -2.24. The molecule has 1 unspecified atom stereocenters. The Morgan fingerprint density at radius 2 is 2.06 bits per heavy atom. The molecule has 0 bridgehead atoms. The van der Waals surface area contributed by atoms with Gasteiger partial charge >= 0.3 is 0 Å². The van der Waals surface area contributed by atoms with Crippen molar-refractivity contribution in [1.29, 1.82) is 0 Å². The Kier molecular flexibility index (Phi) is 3.77. The summed E-state index contributed by atoms with van der Waals surface area (Å²) in [7, 11) is 0. The molecule has 1 atom stereocenters. The summed E-state index contributed by atoms with van der Waals surface area (Å²) in [4.78, 5) is 0. The number of hydrogen-bond donors (Lipinski definition) is 1. The van der Waals surface area contributed by atoms with Gasteiger partial charge in [-0.25, -0.2) is 8.78 Å². The van der Waals surface area contributed by atoms with Crippen LogP contribution in [-0.4, -0.2) is 11.9 Å². The Hall–Kier alpha value is -0.670. The molecule has 1 aliphatic carbocycles. The molecule has 0 amide bonds. The number of alkyl halides is 1. The van der Waals surface area contributed by atoms with Crippen LogP contribution in [0.4, 0.5) is 8.78 Å². The van der Waals surface area contributed by atoms with E-state index in [1.807, 2.05) is 0 Å². The van der Waals surface area contributed by atoms with E-state index < -0.39 is 11.6 Å². The summed E-state index contributed by atoms with van der Waals surface area (Å²) in [5.74, 6) is -0.972. The third kappa shape index (κ3) is 3.16. The molecule has 1 aromatic rings. The first-order valence-electron chi connectivity index (χ1n) is 5.45. The Morgan fingerprint density at radius 1 is 1.31 bits per heavy atom. The number of hydrogen-bond acceptors (Lipinski definition) is 1. The zero-order chi connectivity index (χ0) is 11.5. The summed E-state index contributed by atoms with van der Waals surface area (Å²) in [6.45, 7) is 1.23. The molecule has 0 radical (unpaired) electrons. The number of halogens is 3. The molecular formula is C12H14ClF2N. The predicted molar refractivity (Wildman–Crippen MR) is 60.4 cm³/mol. The van der Waals surface area contributed by atoms with Crippen molar-refractivity contribution in [3.8, 4) is 0 Å². The largest absolute Gasteiger partial charge is 0.311 e. The van der Waals surface area contributed by atoms with Gasteiger partial charge < -0.3 is 5.32 Å². The second-order valence-electron chi connectivity index (χ2n) is 4.23. The SMILES string of the molecule is Fc1ccc(CNCC(Cl)C2CC2)cc1F. The van der Waals surface area contributed by atoms with Gasteiger partial charge in [-0.2, -0.15) is 0 Å². The van der Waals surface area contributed by atoms with Gasteiger partial charge in [0.25, 0.3) is 0 Å². The fraction of sp³-hybridized carbons (Fsp3) is 0.500. The Bertz CT molecular complexity index is 366. The number of nitrogens with one attached hydrogen (secondary N) is 1. The van der Waals surface area contributed by atoms with Crippen LogP contribution < -0.4 is 5.32 Å². The number of benzene rings is 1. The molecule has 0 saturated heterocycles. The van der Waals surface area contributed by atoms with Crippen molar-refractivity contribution >= 4 is 11.6 Å². The lowest BCUT2D eigenvalue weighted by molar-refractivity contribution is 0.505. The van der Waals surface area contributed by atoms with Crippen molar-refractivity contribution in [2.45, 2.75) is 24.8 Å². The monoisotopic (exact) mass is 245 g/mol. The highest BCUT2D eigenvalue weighted by Gasteiger charge is 2.29. The average molecular weight is 246 g/mol. The lowest BCUT2D eigenvalue weighted by atomic mass is 10.2. The molecule has 16 heavy (non-hydrogen) atoms. The van der Waals surface area contributed by atoms with Crippen molar-refractivity contribution in [2.75, 3.05) is 6.54 Å². The highest BCUT2D eigenvalue weighted by atomic mass is 35.5. The molecule has 1 saturated carbocycles. The smallest absolute Gasteiger partial charge is 0.159 e. The van der Waals surface area contributed by atoms with Gasteiger partial charge in [0.05, 0.1) is 0 Å². The molecule has 88 valence electrons. The molecule has 1 aromatic carbocycles. The molecule has 1 aliphatic rings. The molecule has 4 heteroatoms. The van der Waals surface area contributed by atoms with E-state index in [1.54, 1.807) is 6.07 Å². The third-order valence-electron chi connectivity index (χ3n) is 2.79. The predicted octanol–water partition coefficient (Wildman–Crippen LogP) is 3.07. The minimum Gasteiger partial charge on any atom is -0.311 e. The van der Waals surface area contributed by atoms with Crippen LogP contribution in [0.2, 0.25) is 0 Å². The van der Waals surface area contributed by atoms with E-state index in [9.17, 15) is 8.78 Å². The first kappa shape index (κ1) is 11.8. The summed E-state index contributed by atoms with van der Waals surface area (Å²) in [6.07, 6.45) is 2.42. The van der Waals surface area contributed by atoms with Gasteiger partial charge in [0.15, 0.2) is 11.6 Å². The quantitative estimate of drug-likeness (QED) is 0.787. The molecule has 0 aliphatic heterocycles. The minimum absolute atomic E-state index is 0.158. The molecule has 2 rings (SSSR count). The molecular weight excluding hydrogens is 232 g/mol. The minimum atomic E-state index is -0.808. The van der Waals surface area contributed by atoms with Crippen LogP contribution in [0.1, 0.15) is 18.4 Å². The Labute approximate surface area is 98.8 Å². The van der Waals surface area contributed by atoms with Crippen molar-refractivity contribution in [1.82, 2.24) is 5.32 Å². The summed E-state index contributed by atoms with van der Waals surface area (Å²) in [6, 6.07) is 3.93. The van der Waals surface area contributed by atoms with Crippen LogP contribution in [0.25, 0.3) is 0 Å². The van der Waals surface area contributed by atoms with Crippen LogP contribution in [0.15, 0.2) is 18.2 Å². The van der Waals surface area contributed by atoms with Gasteiger partial charge in [-0.15, -0.1) is 11.6 Å². The van der Waals surface area contributed by atoms with E-state index in [0.717, 1.165) is 11.6 Å². The van der Waals surface area contributed by atoms with Gasteiger partial charge in [0.1, 0.15) is 0 Å². The van der Waals surface area contributed by atoms with Gasteiger partial charge in [-0.3, -0.25) is 0 Å². The summed E-state index contributed by atoms with van der Waals surface area (Å²) in [5.41, 5.74) is 0.735. The second-order valence-corrected chi connectivity index (χ2v) is 4.79. The van der Waals surface area contributed by atoms with E-state index in [4.69, 9.17) is 11.6 Å². The molecule has 0 spiro atoms. The van der Waals surface area contributed by atoms with E-state index in [1.165, 1.54) is 18.9 Å². The van der Waals surface area contributed by atoms with Crippen molar-refractivity contribution in [2.24, 2.45) is 5.92 Å². The fourth-order valence-corrected chi connectivity index (χ4v) is 1.99. The molecule has 0 heterocycles. The van der Waals surface area contributed by atoms with E-state index in [2.05, 4.69) is 5.32 Å². The highest BCUT2D eigenvalue weighted by Crippen LogP contribution is 2.35. The van der Waals surface area contributed by atoms with Crippen molar-refractivity contribution < 1.29 is 8.78 Å². The summed E-state index contributed by atoms with van der Waals surface area (Å²) in [5, 5.41) is 3.31. The maximum atomic E-state index is 12.9. The van der Waals surface area contributed by atoms with E-state index in [0.29, 0.717) is 19.0 Å². The normalized spacial score (nSPS) is 17.4. The fourth-order valence-electron chi connectivity index (χ4n) is 1.63. The maximum Gasteiger partial charge on any atom is 0.159 e. The highest BCUT2D eigenvalue weighted by molar-refractivity contribution is 6.21. The van der Waals surface area contributed by atoms with Crippen molar-refractivity contribution in [3.63, 3.8) is 0 Å². The second kappa shape index (κ2) is 5.11. The van der Waals surface area contributed by atoms with Crippen LogP contribution in [0.5, 0.6) is 0 Å². The van der Waals surface area contributed by atoms with Crippen LogP contribution in [-0.2, 0) is 6.54 Å². The van der Waals surface area contributed by atoms with Crippen LogP contribution in [0, 0.1) is 17.6 Å². The van der Waals surface area contributed by atoms with Gasteiger partial charge in [0, 0.05) is 18.5 Å². The standard InChI is InChI=1S/C12H14ClF2N/c13-10(9-2-3-9)7-16-6-8-1-4-11(14)12(15)5-8/h1,4-5,9-10,16H,2-3,6-7H2. The lowest BCUT2D eigenvalue weighted by Gasteiger charge is -2.09. The van der Waals surface area contributed by atoms with Gasteiger partial charge in [0.2, 0.25) is 0 Å².